The maximum absolute atomic E-state index is 12.4. The highest BCUT2D eigenvalue weighted by atomic mass is 32.2. The smallest absolute Gasteiger partial charge is 0.252 e. The molecular formula is C11H18N2O3S2. The van der Waals surface area contributed by atoms with Crippen molar-refractivity contribution >= 4 is 27.0 Å². The second-order valence-electron chi connectivity index (χ2n) is 4.53. The maximum Gasteiger partial charge on any atom is 0.252 e. The van der Waals surface area contributed by atoms with Gasteiger partial charge in [0.05, 0.1) is 6.61 Å². The van der Waals surface area contributed by atoms with Gasteiger partial charge in [0.15, 0.2) is 0 Å². The van der Waals surface area contributed by atoms with Gasteiger partial charge in [-0.2, -0.15) is 4.31 Å². The number of hydrogen-bond donors (Lipinski definition) is 1. The Hall–Kier alpha value is -0.630. The van der Waals surface area contributed by atoms with Gasteiger partial charge in [-0.3, -0.25) is 0 Å². The molecule has 0 saturated carbocycles. The van der Waals surface area contributed by atoms with Crippen molar-refractivity contribution in [3.63, 3.8) is 0 Å². The first-order valence-electron chi connectivity index (χ1n) is 5.87. The molecule has 7 heteroatoms. The number of rotatable bonds is 4. The number of nitrogens with zero attached hydrogens (tertiary/aromatic N) is 1. The quantitative estimate of drug-likeness (QED) is 0.909. The summed E-state index contributed by atoms with van der Waals surface area (Å²) in [6.45, 7) is 1.73. The van der Waals surface area contributed by atoms with Gasteiger partial charge in [-0.15, -0.1) is 11.3 Å². The van der Waals surface area contributed by atoms with Gasteiger partial charge in [-0.1, -0.05) is 0 Å². The molecule has 18 heavy (non-hydrogen) atoms. The summed E-state index contributed by atoms with van der Waals surface area (Å²) in [5.74, 6) is 0.288. The number of nitrogens with two attached hydrogens (primary N) is 1. The Labute approximate surface area is 112 Å². The lowest BCUT2D eigenvalue weighted by Gasteiger charge is -2.31. The van der Waals surface area contributed by atoms with Crippen molar-refractivity contribution in [2.45, 2.75) is 17.1 Å². The zero-order valence-corrected chi connectivity index (χ0v) is 12.0. The predicted octanol–water partition coefficient (Wildman–Crippen LogP) is 1.38. The standard InChI is InChI=1S/C11H18N2O3S2/c1-16-7-9-3-2-4-13(6-9)18(14,15)11-5-10(12)8-17-11/h5,8-9H,2-4,6-7,12H2,1H3. The molecule has 0 aliphatic carbocycles. The molecule has 0 bridgehead atoms. The van der Waals surface area contributed by atoms with Gasteiger partial charge in [-0.25, -0.2) is 8.42 Å². The first kappa shape index (κ1) is 13.8. The van der Waals surface area contributed by atoms with E-state index in [1.165, 1.54) is 17.4 Å². The number of ether oxygens (including phenoxy) is 1. The third-order valence-electron chi connectivity index (χ3n) is 3.07. The van der Waals surface area contributed by atoms with Gasteiger partial charge in [-0.05, 0) is 24.8 Å². The van der Waals surface area contributed by atoms with Crippen LogP contribution >= 0.6 is 11.3 Å². The van der Waals surface area contributed by atoms with E-state index >= 15 is 0 Å². The second kappa shape index (κ2) is 5.56. The zero-order chi connectivity index (χ0) is 13.2. The molecular weight excluding hydrogens is 272 g/mol. The van der Waals surface area contributed by atoms with Crippen LogP contribution in [-0.2, 0) is 14.8 Å². The molecule has 2 N–H and O–H groups in total. The van der Waals surface area contributed by atoms with Crippen molar-refractivity contribution < 1.29 is 13.2 Å². The molecule has 1 unspecified atom stereocenters. The molecule has 1 aliphatic rings. The van der Waals surface area contributed by atoms with Crippen molar-refractivity contribution in [2.75, 3.05) is 32.5 Å². The van der Waals surface area contributed by atoms with Crippen LogP contribution in [0.1, 0.15) is 12.8 Å². The second-order valence-corrected chi connectivity index (χ2v) is 7.60. The molecule has 1 aromatic heterocycles. The Morgan fingerprint density at radius 1 is 1.61 bits per heavy atom. The molecule has 102 valence electrons. The van der Waals surface area contributed by atoms with Gasteiger partial charge < -0.3 is 10.5 Å². The molecule has 2 heterocycles. The van der Waals surface area contributed by atoms with Crippen molar-refractivity contribution in [3.8, 4) is 0 Å². The molecule has 0 aromatic carbocycles. The molecule has 1 aromatic rings. The van der Waals surface area contributed by atoms with E-state index in [0.717, 1.165) is 12.8 Å². The lowest BCUT2D eigenvalue weighted by molar-refractivity contribution is 0.118. The largest absolute Gasteiger partial charge is 0.398 e. The van der Waals surface area contributed by atoms with Crippen molar-refractivity contribution in [1.29, 1.82) is 0 Å². The third kappa shape index (κ3) is 2.85. The number of nitrogen functional groups attached to an aromatic ring is 1. The van der Waals surface area contributed by atoms with E-state index in [4.69, 9.17) is 10.5 Å². The highest BCUT2D eigenvalue weighted by Crippen LogP contribution is 2.28. The molecule has 1 saturated heterocycles. The van der Waals surface area contributed by atoms with Crippen LogP contribution in [-0.4, -0.2) is 39.5 Å². The van der Waals surface area contributed by atoms with Crippen LogP contribution in [0.15, 0.2) is 15.7 Å². The SMILES string of the molecule is COCC1CCCN(S(=O)(=O)c2cc(N)cs2)C1. The van der Waals surface area contributed by atoms with Gasteiger partial charge in [0.1, 0.15) is 4.21 Å². The van der Waals surface area contributed by atoms with E-state index in [1.807, 2.05) is 0 Å². The van der Waals surface area contributed by atoms with E-state index in [2.05, 4.69) is 0 Å². The number of methoxy groups -OCH3 is 1. The molecule has 0 radical (unpaired) electrons. The van der Waals surface area contributed by atoms with E-state index in [1.54, 1.807) is 16.8 Å². The average molecular weight is 290 g/mol. The lowest BCUT2D eigenvalue weighted by Crippen LogP contribution is -2.40. The summed E-state index contributed by atoms with van der Waals surface area (Å²) in [6, 6.07) is 1.53. The molecule has 1 fully saturated rings. The summed E-state index contributed by atoms with van der Waals surface area (Å²) in [7, 11) is -1.73. The molecule has 1 atom stereocenters. The monoisotopic (exact) mass is 290 g/mol. The van der Waals surface area contributed by atoms with E-state index in [9.17, 15) is 8.42 Å². The summed E-state index contributed by atoms with van der Waals surface area (Å²) in [5.41, 5.74) is 6.09. The van der Waals surface area contributed by atoms with Gasteiger partial charge in [0.2, 0.25) is 0 Å². The van der Waals surface area contributed by atoms with Crippen LogP contribution in [0.25, 0.3) is 0 Å². The van der Waals surface area contributed by atoms with Crippen LogP contribution < -0.4 is 5.73 Å². The average Bonchev–Trinajstić information content (AvgIpc) is 2.77. The molecule has 0 amide bonds. The maximum atomic E-state index is 12.4. The normalized spacial score (nSPS) is 22.2. The summed E-state index contributed by atoms with van der Waals surface area (Å²) in [5, 5.41) is 1.66. The minimum atomic E-state index is -3.38. The van der Waals surface area contributed by atoms with E-state index in [-0.39, 0.29) is 5.92 Å². The minimum Gasteiger partial charge on any atom is -0.398 e. The third-order valence-corrected chi connectivity index (χ3v) is 6.37. The Bertz CT molecular complexity index is 496. The summed E-state index contributed by atoms with van der Waals surface area (Å²) in [6.07, 6.45) is 1.90. The Morgan fingerprint density at radius 3 is 3.00 bits per heavy atom. The fraction of sp³-hybridized carbons (Fsp3) is 0.636. The topological polar surface area (TPSA) is 72.6 Å². The van der Waals surface area contributed by atoms with Crippen molar-refractivity contribution in [3.05, 3.63) is 11.4 Å². The summed E-state index contributed by atoms with van der Waals surface area (Å²) >= 11 is 1.18. The number of sulfonamides is 1. The Balaban J connectivity index is 2.15. The molecule has 1 aliphatic heterocycles. The lowest BCUT2D eigenvalue weighted by atomic mass is 10.0. The fourth-order valence-corrected chi connectivity index (χ4v) is 5.00. The Morgan fingerprint density at radius 2 is 2.39 bits per heavy atom. The van der Waals surface area contributed by atoms with Crippen LogP contribution in [0.4, 0.5) is 5.69 Å². The number of anilines is 1. The van der Waals surface area contributed by atoms with Crippen molar-refractivity contribution in [1.82, 2.24) is 4.31 Å². The van der Waals surface area contributed by atoms with Crippen LogP contribution in [0, 0.1) is 5.92 Å². The number of piperidine rings is 1. The molecule has 5 nitrogen and oxygen atoms in total. The number of thiophene rings is 1. The Kier molecular flexibility index (Phi) is 4.26. The van der Waals surface area contributed by atoms with Crippen LogP contribution in [0.2, 0.25) is 0 Å². The highest BCUT2D eigenvalue weighted by molar-refractivity contribution is 7.91. The predicted molar refractivity (Wildman–Crippen MR) is 72.1 cm³/mol. The van der Waals surface area contributed by atoms with Gasteiger partial charge in [0.25, 0.3) is 10.0 Å². The molecule has 2 rings (SSSR count). The van der Waals surface area contributed by atoms with Gasteiger partial charge in [0, 0.05) is 31.3 Å². The van der Waals surface area contributed by atoms with Gasteiger partial charge >= 0.3 is 0 Å². The van der Waals surface area contributed by atoms with E-state index < -0.39 is 10.0 Å². The van der Waals surface area contributed by atoms with Crippen LogP contribution in [0.3, 0.4) is 0 Å². The van der Waals surface area contributed by atoms with Crippen molar-refractivity contribution in [2.24, 2.45) is 5.92 Å². The minimum absolute atomic E-state index is 0.288. The van der Waals surface area contributed by atoms with Crippen LogP contribution in [0.5, 0.6) is 0 Å². The first-order chi connectivity index (χ1) is 8.54. The van der Waals surface area contributed by atoms with E-state index in [0.29, 0.717) is 29.6 Å². The molecule has 0 spiro atoms. The summed E-state index contributed by atoms with van der Waals surface area (Å²) < 4.78 is 31.8. The zero-order valence-electron chi connectivity index (χ0n) is 10.3. The first-order valence-corrected chi connectivity index (χ1v) is 8.19. The highest BCUT2D eigenvalue weighted by Gasteiger charge is 2.31. The number of hydrogen-bond acceptors (Lipinski definition) is 5. The fourth-order valence-electron chi connectivity index (χ4n) is 2.21. The summed E-state index contributed by atoms with van der Waals surface area (Å²) in [4.78, 5) is 0.